The molecule has 0 aliphatic carbocycles. The Bertz CT molecular complexity index is 674. The number of rotatable bonds is 5. The van der Waals surface area contributed by atoms with Crippen molar-refractivity contribution < 1.29 is 19.1 Å². The maximum absolute atomic E-state index is 12.2. The highest BCUT2D eigenvalue weighted by molar-refractivity contribution is 5.95. The summed E-state index contributed by atoms with van der Waals surface area (Å²) >= 11 is 0. The highest BCUT2D eigenvalue weighted by Gasteiger charge is 2.17. The molecule has 148 valence electrons. The molecule has 1 amide bonds. The summed E-state index contributed by atoms with van der Waals surface area (Å²) in [6.45, 7) is 10.4. The third kappa shape index (κ3) is 8.27. The van der Waals surface area contributed by atoms with Gasteiger partial charge in [-0.1, -0.05) is 0 Å². The number of morpholine rings is 1. The molecule has 27 heavy (non-hydrogen) atoms. The lowest BCUT2D eigenvalue weighted by Crippen LogP contribution is -2.39. The Morgan fingerprint density at radius 1 is 1.30 bits per heavy atom. The van der Waals surface area contributed by atoms with Crippen molar-refractivity contribution >= 4 is 23.4 Å². The largest absolute Gasteiger partial charge is 0.444 e. The first-order valence-electron chi connectivity index (χ1n) is 9.03. The van der Waals surface area contributed by atoms with E-state index in [0.29, 0.717) is 37.0 Å². The molecule has 0 radical (unpaired) electrons. The van der Waals surface area contributed by atoms with Crippen LogP contribution in [0.25, 0.3) is 0 Å². The Hall–Kier alpha value is -2.32. The molecule has 8 nitrogen and oxygen atoms in total. The molecule has 0 unspecified atom stereocenters. The Balaban J connectivity index is 1.84. The number of ether oxygens (including phenoxy) is 2. The summed E-state index contributed by atoms with van der Waals surface area (Å²) < 4.78 is 10.5. The van der Waals surface area contributed by atoms with Gasteiger partial charge in [-0.3, -0.25) is 20.0 Å². The van der Waals surface area contributed by atoms with E-state index in [9.17, 15) is 9.59 Å². The number of amides is 1. The number of alkyl carbamates (subject to hydrolysis) is 1. The van der Waals surface area contributed by atoms with Gasteiger partial charge in [0.1, 0.15) is 11.4 Å². The van der Waals surface area contributed by atoms with Crippen LogP contribution in [0.5, 0.6) is 0 Å². The summed E-state index contributed by atoms with van der Waals surface area (Å²) in [6, 6.07) is 3.54. The molecule has 0 spiro atoms. The predicted octanol–water partition coefficient (Wildman–Crippen LogP) is 2.10. The smallest absolute Gasteiger partial charge is 0.413 e. The number of aliphatic imine (C=N–C) groups is 1. The maximum atomic E-state index is 12.2. The fraction of sp³-hybridized carbons (Fsp3) is 0.579. The van der Waals surface area contributed by atoms with Gasteiger partial charge in [-0.15, -0.1) is 0 Å². The number of nitrogens with zero attached hydrogens (tertiary/aromatic N) is 3. The van der Waals surface area contributed by atoms with E-state index in [-0.39, 0.29) is 12.2 Å². The van der Waals surface area contributed by atoms with Crippen LogP contribution in [0.4, 0.5) is 10.5 Å². The van der Waals surface area contributed by atoms with Gasteiger partial charge in [-0.05, 0) is 39.8 Å². The summed E-state index contributed by atoms with van der Waals surface area (Å²) in [5.74, 6) is 0.533. The van der Waals surface area contributed by atoms with E-state index in [1.165, 1.54) is 0 Å². The minimum atomic E-state index is -0.568. The van der Waals surface area contributed by atoms with Crippen molar-refractivity contribution in [2.24, 2.45) is 4.99 Å². The summed E-state index contributed by atoms with van der Waals surface area (Å²) in [7, 11) is 0. The number of carbonyl (C=O) groups is 2. The molecule has 1 fully saturated rings. The van der Waals surface area contributed by atoms with Gasteiger partial charge in [-0.2, -0.15) is 0 Å². The van der Waals surface area contributed by atoms with Crippen LogP contribution in [0.3, 0.4) is 0 Å². The second-order valence-electron chi connectivity index (χ2n) is 7.44. The molecule has 1 aromatic heterocycles. The molecule has 0 aromatic carbocycles. The van der Waals surface area contributed by atoms with E-state index in [1.54, 1.807) is 46.0 Å². The molecule has 2 heterocycles. The lowest BCUT2D eigenvalue weighted by molar-refractivity contribution is -0.120. The first-order valence-corrected chi connectivity index (χ1v) is 9.03. The van der Waals surface area contributed by atoms with Gasteiger partial charge >= 0.3 is 6.09 Å². The maximum Gasteiger partial charge on any atom is 0.413 e. The van der Waals surface area contributed by atoms with E-state index in [0.717, 1.165) is 13.1 Å². The van der Waals surface area contributed by atoms with Crippen LogP contribution in [0.15, 0.2) is 23.3 Å². The molecule has 0 saturated carbocycles. The highest BCUT2D eigenvalue weighted by atomic mass is 16.6. The van der Waals surface area contributed by atoms with Gasteiger partial charge in [0.15, 0.2) is 5.78 Å². The number of amidine groups is 1. The Morgan fingerprint density at radius 2 is 2.00 bits per heavy atom. The van der Waals surface area contributed by atoms with Crippen molar-refractivity contribution in [1.82, 2.24) is 15.2 Å². The number of hydrogen-bond acceptors (Lipinski definition) is 7. The highest BCUT2D eigenvalue weighted by Crippen LogP contribution is 2.12. The van der Waals surface area contributed by atoms with Gasteiger partial charge in [0.25, 0.3) is 0 Å². The van der Waals surface area contributed by atoms with Crippen LogP contribution in [0.1, 0.15) is 33.4 Å². The zero-order valence-electron chi connectivity index (χ0n) is 16.4. The van der Waals surface area contributed by atoms with Gasteiger partial charge in [-0.25, -0.2) is 9.79 Å². The minimum Gasteiger partial charge on any atom is -0.444 e. The number of nitrogens with one attached hydrogen (secondary N) is 1. The van der Waals surface area contributed by atoms with Crippen molar-refractivity contribution in [3.63, 3.8) is 0 Å². The van der Waals surface area contributed by atoms with E-state index >= 15 is 0 Å². The summed E-state index contributed by atoms with van der Waals surface area (Å²) in [5, 5.41) is 2.57. The number of carbonyl (C=O) groups excluding carboxylic acids is 2. The molecule has 0 atom stereocenters. The lowest BCUT2D eigenvalue weighted by atomic mass is 10.2. The average molecular weight is 376 g/mol. The van der Waals surface area contributed by atoms with Gasteiger partial charge in [0, 0.05) is 18.8 Å². The Labute approximate surface area is 160 Å². The molecule has 8 heteroatoms. The van der Waals surface area contributed by atoms with Gasteiger partial charge in [0.05, 0.1) is 38.1 Å². The number of hydrogen-bond donors (Lipinski definition) is 1. The van der Waals surface area contributed by atoms with Crippen molar-refractivity contribution in [2.75, 3.05) is 32.8 Å². The number of aromatic nitrogens is 1. The Morgan fingerprint density at radius 3 is 2.59 bits per heavy atom. The third-order valence-corrected chi connectivity index (χ3v) is 3.67. The molecule has 2 rings (SSSR count). The normalized spacial score (nSPS) is 16.1. The number of ketones is 1. The number of pyridine rings is 1. The summed E-state index contributed by atoms with van der Waals surface area (Å²) in [4.78, 5) is 34.5. The second kappa shape index (κ2) is 9.57. The van der Waals surface area contributed by atoms with Crippen molar-refractivity contribution in [1.29, 1.82) is 0 Å². The number of Topliss-reactive ketones (excluding diaryl/α,β-unsaturated/α-hetero) is 1. The van der Waals surface area contributed by atoms with Gasteiger partial charge < -0.3 is 9.47 Å². The SMILES string of the molecule is CC(=Nc1ccc(CC(=O)CN2CCOCC2)nc1)NC(=O)OC(C)(C)C. The zero-order valence-corrected chi connectivity index (χ0v) is 16.4. The van der Waals surface area contributed by atoms with Gasteiger partial charge in [0.2, 0.25) is 0 Å². The average Bonchev–Trinajstić information content (AvgIpc) is 2.55. The van der Waals surface area contributed by atoms with E-state index in [1.807, 2.05) is 0 Å². The molecular formula is C19H28N4O4. The minimum absolute atomic E-state index is 0.128. The summed E-state index contributed by atoms with van der Waals surface area (Å²) in [5.41, 5.74) is 0.722. The molecule has 1 aliphatic heterocycles. The quantitative estimate of drug-likeness (QED) is 0.625. The van der Waals surface area contributed by atoms with Crippen molar-refractivity contribution in [3.05, 3.63) is 24.0 Å². The fourth-order valence-corrected chi connectivity index (χ4v) is 2.53. The van der Waals surface area contributed by atoms with Crippen LogP contribution in [-0.4, -0.2) is 66.0 Å². The van der Waals surface area contributed by atoms with E-state index in [4.69, 9.17) is 9.47 Å². The topological polar surface area (TPSA) is 93.1 Å². The standard InChI is InChI=1S/C19H28N4O4/c1-14(22-18(25)27-19(2,3)4)21-16-6-5-15(20-12-16)11-17(24)13-23-7-9-26-10-8-23/h5-6,12H,7-11,13H2,1-4H3,(H,21,22,25). The first-order chi connectivity index (χ1) is 12.7. The van der Waals surface area contributed by atoms with Crippen LogP contribution < -0.4 is 5.32 Å². The fourth-order valence-electron chi connectivity index (χ4n) is 2.53. The molecule has 0 bridgehead atoms. The molecule has 1 N–H and O–H groups in total. The molecule has 1 aliphatic rings. The van der Waals surface area contributed by atoms with Crippen LogP contribution in [0, 0.1) is 0 Å². The third-order valence-electron chi connectivity index (χ3n) is 3.67. The molecule has 1 saturated heterocycles. The second-order valence-corrected chi connectivity index (χ2v) is 7.44. The molecular weight excluding hydrogens is 348 g/mol. The Kier molecular flexibility index (Phi) is 7.44. The monoisotopic (exact) mass is 376 g/mol. The zero-order chi connectivity index (χ0) is 19.9. The van der Waals surface area contributed by atoms with Crippen LogP contribution >= 0.6 is 0 Å². The van der Waals surface area contributed by atoms with E-state index in [2.05, 4.69) is 20.2 Å². The van der Waals surface area contributed by atoms with Crippen molar-refractivity contribution in [2.45, 2.75) is 39.7 Å². The summed E-state index contributed by atoms with van der Waals surface area (Å²) in [6.07, 6.45) is 1.32. The van der Waals surface area contributed by atoms with Crippen LogP contribution in [0.2, 0.25) is 0 Å². The first kappa shape index (κ1) is 21.0. The van der Waals surface area contributed by atoms with Crippen molar-refractivity contribution in [3.8, 4) is 0 Å². The predicted molar refractivity (Wildman–Crippen MR) is 102 cm³/mol. The van der Waals surface area contributed by atoms with E-state index < -0.39 is 11.7 Å². The molecule has 1 aromatic rings. The lowest BCUT2D eigenvalue weighted by Gasteiger charge is -2.25. The van der Waals surface area contributed by atoms with Crippen LogP contribution in [-0.2, 0) is 20.7 Å².